The lowest BCUT2D eigenvalue weighted by atomic mass is 9.82. The Labute approximate surface area is 183 Å². The summed E-state index contributed by atoms with van der Waals surface area (Å²) in [6.45, 7) is 10.3. The van der Waals surface area contributed by atoms with Crippen molar-refractivity contribution in [2.24, 2.45) is 0 Å². The van der Waals surface area contributed by atoms with Gasteiger partial charge in [0.2, 0.25) is 0 Å². The topological polar surface area (TPSA) is 69.9 Å². The van der Waals surface area contributed by atoms with Crippen LogP contribution >= 0.6 is 12.6 Å². The zero-order valence-corrected chi connectivity index (χ0v) is 19.0. The fraction of sp³-hybridized carbons (Fsp3) is 0.391. The van der Waals surface area contributed by atoms with Gasteiger partial charge >= 0.3 is 5.97 Å². The van der Waals surface area contributed by atoms with Crippen molar-refractivity contribution in [3.8, 4) is 11.4 Å². The quantitative estimate of drug-likeness (QED) is 0.450. The largest absolute Gasteiger partial charge is 0.466 e. The fourth-order valence-corrected chi connectivity index (χ4v) is 3.21. The van der Waals surface area contributed by atoms with Crippen LogP contribution in [0.2, 0.25) is 0 Å². The minimum absolute atomic E-state index is 0.173. The summed E-state index contributed by atoms with van der Waals surface area (Å²) in [6, 6.07) is 11.8. The monoisotopic (exact) mass is 424 g/mol. The number of carbonyl (C=O) groups excluding carboxylic acids is 1. The maximum Gasteiger partial charge on any atom is 0.311 e. The van der Waals surface area contributed by atoms with Crippen LogP contribution in [0.4, 0.5) is 0 Å². The third kappa shape index (κ3) is 4.90. The molecule has 158 valence electrons. The van der Waals surface area contributed by atoms with Gasteiger partial charge in [-0.3, -0.25) is 19.4 Å². The van der Waals surface area contributed by atoms with Crippen LogP contribution in [0.1, 0.15) is 51.6 Å². The number of hydrogen-bond acceptors (Lipinski definition) is 6. The minimum Gasteiger partial charge on any atom is -0.466 e. The molecule has 0 aliphatic heterocycles. The number of nitrogens with zero attached hydrogens (tertiary/aromatic N) is 4. The molecule has 0 spiro atoms. The Morgan fingerprint density at radius 1 is 1.10 bits per heavy atom. The first-order valence-corrected chi connectivity index (χ1v) is 10.4. The number of esters is 1. The summed E-state index contributed by atoms with van der Waals surface area (Å²) < 4.78 is 6.81. The molecule has 0 unspecified atom stereocenters. The molecule has 0 saturated carbocycles. The molecule has 0 atom stereocenters. The summed E-state index contributed by atoms with van der Waals surface area (Å²) in [5, 5.41) is 4.62. The van der Waals surface area contributed by atoms with Crippen LogP contribution in [0.3, 0.4) is 0 Å². The first-order valence-electron chi connectivity index (χ1n) is 9.98. The summed E-state index contributed by atoms with van der Waals surface area (Å²) in [4.78, 5) is 20.6. The first kappa shape index (κ1) is 22.0. The Kier molecular flexibility index (Phi) is 6.31. The molecule has 7 heteroatoms. The predicted molar refractivity (Wildman–Crippen MR) is 120 cm³/mol. The van der Waals surface area contributed by atoms with E-state index in [1.165, 1.54) is 0 Å². The van der Waals surface area contributed by atoms with Crippen molar-refractivity contribution in [2.45, 2.75) is 51.3 Å². The van der Waals surface area contributed by atoms with Gasteiger partial charge in [-0.25, -0.2) is 0 Å². The van der Waals surface area contributed by atoms with Crippen molar-refractivity contribution in [1.29, 1.82) is 0 Å². The molecule has 0 aromatic carbocycles. The Morgan fingerprint density at radius 3 is 2.47 bits per heavy atom. The van der Waals surface area contributed by atoms with Gasteiger partial charge in [0.25, 0.3) is 0 Å². The van der Waals surface area contributed by atoms with Crippen molar-refractivity contribution < 1.29 is 9.53 Å². The first-order chi connectivity index (χ1) is 14.1. The Hall–Kier alpha value is -2.67. The molecular formula is C23H28N4O2S. The molecule has 0 N–H and O–H groups in total. The summed E-state index contributed by atoms with van der Waals surface area (Å²) >= 11 is 4.57. The highest BCUT2D eigenvalue weighted by molar-refractivity contribution is 7.81. The van der Waals surface area contributed by atoms with Gasteiger partial charge in [0.1, 0.15) is 5.69 Å². The van der Waals surface area contributed by atoms with Gasteiger partial charge in [-0.1, -0.05) is 26.0 Å². The summed E-state index contributed by atoms with van der Waals surface area (Å²) in [5.74, 6) is -0.268. The van der Waals surface area contributed by atoms with Gasteiger partial charge in [0, 0.05) is 17.8 Å². The van der Waals surface area contributed by atoms with E-state index >= 15 is 0 Å². The van der Waals surface area contributed by atoms with E-state index in [-0.39, 0.29) is 22.7 Å². The van der Waals surface area contributed by atoms with E-state index in [0.717, 1.165) is 22.6 Å². The second kappa shape index (κ2) is 8.60. The number of aromatic nitrogens is 4. The van der Waals surface area contributed by atoms with E-state index in [0.29, 0.717) is 12.3 Å². The van der Waals surface area contributed by atoms with Gasteiger partial charge < -0.3 is 4.74 Å². The van der Waals surface area contributed by atoms with Gasteiger partial charge in [0.15, 0.2) is 0 Å². The van der Waals surface area contributed by atoms with Gasteiger partial charge in [0.05, 0.1) is 35.0 Å². The van der Waals surface area contributed by atoms with Crippen molar-refractivity contribution in [1.82, 2.24) is 19.7 Å². The SMILES string of the molecule is CCOC(=O)Cc1ccc(C(C)(C)c2cccc(-c3ccn(C(C)(C)S)n3)n2)cn1. The standard InChI is InChI=1S/C23H28N4O2S/c1-6-29-21(28)14-17-11-10-16(15-24-17)22(2,3)20-9-7-8-18(25-20)19-12-13-27(26-19)23(4,5)30/h7-13,15,30H,6,14H2,1-5H3. The molecule has 0 aliphatic carbocycles. The zero-order valence-electron chi connectivity index (χ0n) is 18.1. The second-order valence-electron chi connectivity index (χ2n) is 8.19. The lowest BCUT2D eigenvalue weighted by molar-refractivity contribution is -0.142. The van der Waals surface area contributed by atoms with Crippen LogP contribution in [0.15, 0.2) is 48.8 Å². The smallest absolute Gasteiger partial charge is 0.311 e. The van der Waals surface area contributed by atoms with Crippen LogP contribution in [0.25, 0.3) is 11.4 Å². The highest BCUT2D eigenvalue weighted by Gasteiger charge is 2.26. The van der Waals surface area contributed by atoms with E-state index in [2.05, 4.69) is 36.6 Å². The second-order valence-corrected chi connectivity index (χ2v) is 9.29. The molecule has 0 amide bonds. The molecule has 3 rings (SSSR count). The maximum absolute atomic E-state index is 11.7. The molecule has 0 aliphatic rings. The van der Waals surface area contributed by atoms with E-state index in [4.69, 9.17) is 9.72 Å². The molecule has 3 heterocycles. The molecule has 30 heavy (non-hydrogen) atoms. The molecule has 0 radical (unpaired) electrons. The van der Waals surface area contributed by atoms with E-state index in [9.17, 15) is 4.79 Å². The summed E-state index contributed by atoms with van der Waals surface area (Å²) in [7, 11) is 0. The van der Waals surface area contributed by atoms with Crippen molar-refractivity contribution in [3.63, 3.8) is 0 Å². The number of pyridine rings is 2. The number of rotatable bonds is 7. The minimum atomic E-state index is -0.383. The Bertz CT molecular complexity index is 1020. The number of ether oxygens (including phenoxy) is 1. The zero-order chi connectivity index (χ0) is 21.9. The van der Waals surface area contributed by atoms with Crippen molar-refractivity contribution in [3.05, 3.63) is 65.7 Å². The molecule has 0 saturated heterocycles. The third-order valence-electron chi connectivity index (χ3n) is 4.98. The molecule has 3 aromatic heterocycles. The van der Waals surface area contributed by atoms with Crippen LogP contribution in [0.5, 0.6) is 0 Å². The van der Waals surface area contributed by atoms with E-state index < -0.39 is 0 Å². The van der Waals surface area contributed by atoms with Crippen LogP contribution in [-0.4, -0.2) is 32.3 Å². The highest BCUT2D eigenvalue weighted by atomic mass is 32.1. The highest BCUT2D eigenvalue weighted by Crippen LogP contribution is 2.31. The molecular weight excluding hydrogens is 396 g/mol. The summed E-state index contributed by atoms with van der Waals surface area (Å²) in [6.07, 6.45) is 3.89. The molecule has 0 bridgehead atoms. The number of hydrogen-bond donors (Lipinski definition) is 1. The number of carbonyl (C=O) groups is 1. The predicted octanol–water partition coefficient (Wildman–Crippen LogP) is 4.39. The van der Waals surface area contributed by atoms with Crippen molar-refractivity contribution >= 4 is 18.6 Å². The Balaban J connectivity index is 1.85. The van der Waals surface area contributed by atoms with Crippen molar-refractivity contribution in [2.75, 3.05) is 6.61 Å². The van der Waals surface area contributed by atoms with Crippen LogP contribution < -0.4 is 0 Å². The fourth-order valence-electron chi connectivity index (χ4n) is 3.10. The lowest BCUT2D eigenvalue weighted by Crippen LogP contribution is -2.21. The maximum atomic E-state index is 11.7. The summed E-state index contributed by atoms with van der Waals surface area (Å²) in [5.41, 5.74) is 3.87. The third-order valence-corrected chi connectivity index (χ3v) is 5.18. The molecule has 3 aromatic rings. The van der Waals surface area contributed by atoms with E-state index in [1.54, 1.807) is 13.1 Å². The van der Waals surface area contributed by atoms with Gasteiger partial charge in [-0.2, -0.15) is 5.10 Å². The van der Waals surface area contributed by atoms with Gasteiger partial charge in [-0.15, -0.1) is 12.6 Å². The Morgan fingerprint density at radius 2 is 1.87 bits per heavy atom. The normalized spacial score (nSPS) is 12.1. The molecule has 0 fully saturated rings. The van der Waals surface area contributed by atoms with Gasteiger partial charge in [-0.05, 0) is 50.6 Å². The lowest BCUT2D eigenvalue weighted by Gasteiger charge is -2.25. The van der Waals surface area contributed by atoms with E-state index in [1.807, 2.05) is 61.1 Å². The molecule has 6 nitrogen and oxygen atoms in total. The number of thiol groups is 1. The van der Waals surface area contributed by atoms with Crippen LogP contribution in [0, 0.1) is 0 Å². The average molecular weight is 425 g/mol. The van der Waals surface area contributed by atoms with Crippen LogP contribution in [-0.2, 0) is 26.2 Å². The average Bonchev–Trinajstić information content (AvgIpc) is 3.19.